The zero-order valence-corrected chi connectivity index (χ0v) is 12.8. The van der Waals surface area contributed by atoms with Gasteiger partial charge in [0.15, 0.2) is 0 Å². The molecule has 1 aromatic rings. The average molecular weight is 304 g/mol. The number of carboxylic acids is 1. The summed E-state index contributed by atoms with van der Waals surface area (Å²) in [5.74, 6) is -1.54. The highest BCUT2D eigenvalue weighted by Gasteiger charge is 2.32. The highest BCUT2D eigenvalue weighted by Crippen LogP contribution is 2.21. The molecule has 6 heteroatoms. The van der Waals surface area contributed by atoms with Crippen molar-refractivity contribution < 1.29 is 19.5 Å². The number of nitrogens with zero attached hydrogens (tertiary/aromatic N) is 1. The van der Waals surface area contributed by atoms with Gasteiger partial charge in [0.05, 0.1) is 5.56 Å². The van der Waals surface area contributed by atoms with Crippen LogP contribution in [0.15, 0.2) is 18.2 Å². The number of rotatable bonds is 3. The molecule has 0 aliphatic carbocycles. The lowest BCUT2D eigenvalue weighted by molar-refractivity contribution is -0.126. The Morgan fingerprint density at radius 1 is 1.18 bits per heavy atom. The van der Waals surface area contributed by atoms with Crippen molar-refractivity contribution in [2.45, 2.75) is 32.2 Å². The van der Waals surface area contributed by atoms with Gasteiger partial charge in [-0.2, -0.15) is 0 Å². The van der Waals surface area contributed by atoms with E-state index in [4.69, 9.17) is 5.11 Å². The van der Waals surface area contributed by atoms with Crippen LogP contribution < -0.4 is 5.32 Å². The van der Waals surface area contributed by atoms with E-state index in [2.05, 4.69) is 5.32 Å². The second-order valence-electron chi connectivity index (χ2n) is 5.52. The van der Waals surface area contributed by atoms with Crippen molar-refractivity contribution in [3.05, 3.63) is 34.9 Å². The topological polar surface area (TPSA) is 86.7 Å². The number of carbonyl (C=O) groups is 3. The molecule has 1 atom stereocenters. The Labute approximate surface area is 129 Å². The molecule has 1 saturated heterocycles. The van der Waals surface area contributed by atoms with Crippen molar-refractivity contribution in [2.24, 2.45) is 0 Å². The lowest BCUT2D eigenvalue weighted by atomic mass is 9.99. The largest absolute Gasteiger partial charge is 0.478 e. The number of likely N-dealkylation sites (N-methyl/N-ethyl adjacent to an activating group) is 1. The number of carbonyl (C=O) groups excluding carboxylic acids is 2. The number of aryl methyl sites for hydroxylation is 1. The number of hydrogen-bond acceptors (Lipinski definition) is 3. The molecule has 1 unspecified atom stereocenters. The molecule has 1 heterocycles. The van der Waals surface area contributed by atoms with Gasteiger partial charge >= 0.3 is 5.97 Å². The zero-order chi connectivity index (χ0) is 16.3. The first-order chi connectivity index (χ1) is 10.4. The van der Waals surface area contributed by atoms with Crippen LogP contribution in [0.2, 0.25) is 0 Å². The van der Waals surface area contributed by atoms with Gasteiger partial charge in [0.1, 0.15) is 6.04 Å². The highest BCUT2D eigenvalue weighted by atomic mass is 16.4. The molecule has 1 aliphatic heterocycles. The van der Waals surface area contributed by atoms with E-state index in [9.17, 15) is 14.4 Å². The van der Waals surface area contributed by atoms with Crippen LogP contribution in [-0.4, -0.2) is 47.4 Å². The molecule has 2 rings (SSSR count). The molecule has 1 aromatic carbocycles. The van der Waals surface area contributed by atoms with E-state index in [-0.39, 0.29) is 17.4 Å². The third kappa shape index (κ3) is 3.27. The number of likely N-dealkylation sites (tertiary alicyclic amines) is 1. The standard InChI is InChI=1S/C16H20N2O4/c1-10-7-11(9-12(8-10)16(21)22)15(20)18-6-4-3-5-13(18)14(19)17-2/h7-9,13H,3-6H2,1-2H3,(H,17,19)(H,21,22). The molecule has 6 nitrogen and oxygen atoms in total. The maximum Gasteiger partial charge on any atom is 0.335 e. The van der Waals surface area contributed by atoms with Gasteiger partial charge in [0.25, 0.3) is 5.91 Å². The third-order valence-electron chi connectivity index (χ3n) is 3.88. The zero-order valence-electron chi connectivity index (χ0n) is 12.8. The number of benzene rings is 1. The van der Waals surface area contributed by atoms with Crippen molar-refractivity contribution in [3.63, 3.8) is 0 Å². The van der Waals surface area contributed by atoms with Gasteiger partial charge in [-0.1, -0.05) is 0 Å². The van der Waals surface area contributed by atoms with Crippen LogP contribution in [0, 0.1) is 6.92 Å². The average Bonchev–Trinajstić information content (AvgIpc) is 2.52. The molecule has 22 heavy (non-hydrogen) atoms. The first kappa shape index (κ1) is 16.0. The van der Waals surface area contributed by atoms with Crippen LogP contribution in [0.3, 0.4) is 0 Å². The van der Waals surface area contributed by atoms with Gasteiger partial charge in [-0.25, -0.2) is 4.79 Å². The maximum absolute atomic E-state index is 12.7. The van der Waals surface area contributed by atoms with Crippen molar-refractivity contribution in [1.82, 2.24) is 10.2 Å². The molecule has 0 radical (unpaired) electrons. The fourth-order valence-corrected chi connectivity index (χ4v) is 2.81. The van der Waals surface area contributed by atoms with E-state index in [1.54, 1.807) is 24.9 Å². The SMILES string of the molecule is CNC(=O)C1CCCCN1C(=O)c1cc(C)cc(C(=O)O)c1. The molecule has 118 valence electrons. The molecule has 0 bridgehead atoms. The van der Waals surface area contributed by atoms with E-state index in [0.29, 0.717) is 24.1 Å². The predicted molar refractivity (Wildman–Crippen MR) is 80.9 cm³/mol. The van der Waals surface area contributed by atoms with Crippen molar-refractivity contribution in [2.75, 3.05) is 13.6 Å². The van der Waals surface area contributed by atoms with Gasteiger partial charge in [0.2, 0.25) is 5.91 Å². The number of hydrogen-bond donors (Lipinski definition) is 2. The van der Waals surface area contributed by atoms with Gasteiger partial charge in [-0.15, -0.1) is 0 Å². The molecule has 2 N–H and O–H groups in total. The summed E-state index contributed by atoms with van der Waals surface area (Å²) in [6, 6.07) is 4.06. The Bertz CT molecular complexity index is 612. The van der Waals surface area contributed by atoms with Crippen molar-refractivity contribution >= 4 is 17.8 Å². The van der Waals surface area contributed by atoms with Crippen LogP contribution in [0.5, 0.6) is 0 Å². The highest BCUT2D eigenvalue weighted by molar-refractivity contribution is 6.00. The van der Waals surface area contributed by atoms with E-state index in [1.807, 2.05) is 0 Å². The second-order valence-corrected chi connectivity index (χ2v) is 5.52. The van der Waals surface area contributed by atoms with Crippen LogP contribution in [-0.2, 0) is 4.79 Å². The van der Waals surface area contributed by atoms with E-state index in [1.165, 1.54) is 12.1 Å². The second kappa shape index (κ2) is 6.60. The van der Waals surface area contributed by atoms with Crippen LogP contribution >= 0.6 is 0 Å². The fourth-order valence-electron chi connectivity index (χ4n) is 2.81. The summed E-state index contributed by atoms with van der Waals surface area (Å²) in [6.45, 7) is 2.25. The minimum Gasteiger partial charge on any atom is -0.478 e. The molecule has 2 amide bonds. The summed E-state index contributed by atoms with van der Waals surface area (Å²) in [5, 5.41) is 11.7. The summed E-state index contributed by atoms with van der Waals surface area (Å²) >= 11 is 0. The summed E-state index contributed by atoms with van der Waals surface area (Å²) in [4.78, 5) is 37.3. The summed E-state index contributed by atoms with van der Waals surface area (Å²) < 4.78 is 0. The molecule has 1 fully saturated rings. The molecule has 0 saturated carbocycles. The summed E-state index contributed by atoms with van der Waals surface area (Å²) in [5.41, 5.74) is 1.10. The smallest absolute Gasteiger partial charge is 0.335 e. The lowest BCUT2D eigenvalue weighted by Gasteiger charge is -2.34. The third-order valence-corrected chi connectivity index (χ3v) is 3.88. The number of nitrogens with one attached hydrogen (secondary N) is 1. The monoisotopic (exact) mass is 304 g/mol. The van der Waals surface area contributed by atoms with E-state index < -0.39 is 12.0 Å². The summed E-state index contributed by atoms with van der Waals surface area (Å²) in [6.07, 6.45) is 2.37. The maximum atomic E-state index is 12.7. The molecular weight excluding hydrogens is 284 g/mol. The minimum atomic E-state index is -1.07. The van der Waals surface area contributed by atoms with Crippen LogP contribution in [0.4, 0.5) is 0 Å². The van der Waals surface area contributed by atoms with E-state index >= 15 is 0 Å². The van der Waals surface area contributed by atoms with E-state index in [0.717, 1.165) is 12.8 Å². The molecular formula is C16H20N2O4. The fraction of sp³-hybridized carbons (Fsp3) is 0.438. The van der Waals surface area contributed by atoms with Crippen molar-refractivity contribution in [1.29, 1.82) is 0 Å². The van der Waals surface area contributed by atoms with Crippen LogP contribution in [0.1, 0.15) is 45.5 Å². The van der Waals surface area contributed by atoms with Gasteiger partial charge < -0.3 is 15.3 Å². The normalized spacial score (nSPS) is 17.9. The molecule has 0 spiro atoms. The van der Waals surface area contributed by atoms with Crippen molar-refractivity contribution in [3.8, 4) is 0 Å². The van der Waals surface area contributed by atoms with Gasteiger partial charge in [-0.05, 0) is 49.9 Å². The molecule has 0 aromatic heterocycles. The number of aromatic carboxylic acids is 1. The first-order valence-corrected chi connectivity index (χ1v) is 7.31. The predicted octanol–water partition coefficient (Wildman–Crippen LogP) is 1.43. The van der Waals surface area contributed by atoms with Gasteiger partial charge in [-0.3, -0.25) is 9.59 Å². The number of carboxylic acid groups (broad SMARTS) is 1. The Morgan fingerprint density at radius 2 is 1.86 bits per heavy atom. The quantitative estimate of drug-likeness (QED) is 0.884. The Balaban J connectivity index is 2.33. The molecule has 1 aliphatic rings. The van der Waals surface area contributed by atoms with Crippen LogP contribution in [0.25, 0.3) is 0 Å². The van der Waals surface area contributed by atoms with Gasteiger partial charge in [0, 0.05) is 19.2 Å². The number of piperidine rings is 1. The Kier molecular flexibility index (Phi) is 4.80. The minimum absolute atomic E-state index is 0.0804. The first-order valence-electron chi connectivity index (χ1n) is 7.31. The Hall–Kier alpha value is -2.37. The lowest BCUT2D eigenvalue weighted by Crippen LogP contribution is -2.51. The Morgan fingerprint density at radius 3 is 2.50 bits per heavy atom. The number of amides is 2. The summed E-state index contributed by atoms with van der Waals surface area (Å²) in [7, 11) is 1.55.